The monoisotopic (exact) mass is 346 g/mol. The summed E-state index contributed by atoms with van der Waals surface area (Å²) in [5, 5.41) is 29.4. The zero-order valence-electron chi connectivity index (χ0n) is 15.1. The lowest BCUT2D eigenvalue weighted by Gasteiger charge is -2.29. The molecule has 5 nitrogen and oxygen atoms in total. The molecule has 2 rings (SSSR count). The van der Waals surface area contributed by atoms with E-state index < -0.39 is 0 Å². The van der Waals surface area contributed by atoms with Crippen LogP contribution in [0, 0.1) is 11.8 Å². The molecule has 0 aliphatic heterocycles. The zero-order chi connectivity index (χ0) is 18.6. The molecule has 0 radical (unpaired) electrons. The van der Waals surface area contributed by atoms with Gasteiger partial charge in [-0.2, -0.15) is 0 Å². The first-order chi connectivity index (χ1) is 11.9. The number of ether oxygens (including phenoxy) is 2. The standard InChI is InChI=1S/C20H26O5/c1-12(11-21)13(2)20(14-5-7-16(22)18(9-14)24-3)15-6-8-17(23)19(10-15)25-4/h5-10,12-13,20-23H,11H2,1-4H3/t12-,13-/m0/s1. The number of rotatable bonds is 7. The Morgan fingerprint density at radius 2 is 1.28 bits per heavy atom. The molecule has 0 saturated carbocycles. The maximum absolute atomic E-state index is 9.88. The van der Waals surface area contributed by atoms with Gasteiger partial charge in [0, 0.05) is 12.5 Å². The Hall–Kier alpha value is -2.40. The van der Waals surface area contributed by atoms with Crippen LogP contribution in [0.3, 0.4) is 0 Å². The maximum atomic E-state index is 9.88. The molecule has 3 N–H and O–H groups in total. The van der Waals surface area contributed by atoms with E-state index in [-0.39, 0.29) is 35.9 Å². The van der Waals surface area contributed by atoms with Crippen LogP contribution in [-0.2, 0) is 0 Å². The smallest absolute Gasteiger partial charge is 0.160 e. The van der Waals surface area contributed by atoms with Crippen LogP contribution in [0.25, 0.3) is 0 Å². The normalized spacial score (nSPS) is 13.5. The molecule has 0 aliphatic carbocycles. The third-order valence-corrected chi connectivity index (χ3v) is 4.84. The summed E-state index contributed by atoms with van der Waals surface area (Å²) in [6.45, 7) is 4.14. The number of phenolic OH excluding ortho intramolecular Hbond substituents is 2. The summed E-state index contributed by atoms with van der Waals surface area (Å²) in [5.74, 6) is 1.06. The van der Waals surface area contributed by atoms with Gasteiger partial charge in [-0.1, -0.05) is 26.0 Å². The molecule has 0 amide bonds. The molecular formula is C20H26O5. The highest BCUT2D eigenvalue weighted by Crippen LogP contribution is 2.41. The van der Waals surface area contributed by atoms with E-state index in [0.29, 0.717) is 11.5 Å². The Morgan fingerprint density at radius 1 is 0.840 bits per heavy atom. The van der Waals surface area contributed by atoms with E-state index in [9.17, 15) is 15.3 Å². The third-order valence-electron chi connectivity index (χ3n) is 4.84. The van der Waals surface area contributed by atoms with Crippen molar-refractivity contribution in [2.45, 2.75) is 19.8 Å². The first kappa shape index (κ1) is 18.9. The van der Waals surface area contributed by atoms with Crippen LogP contribution in [0.1, 0.15) is 30.9 Å². The summed E-state index contributed by atoms with van der Waals surface area (Å²) in [5.41, 5.74) is 1.91. The van der Waals surface area contributed by atoms with Crippen LogP contribution in [-0.4, -0.2) is 36.1 Å². The molecular weight excluding hydrogens is 320 g/mol. The lowest BCUT2D eigenvalue weighted by molar-refractivity contribution is 0.186. The molecule has 2 aromatic carbocycles. The van der Waals surface area contributed by atoms with Crippen molar-refractivity contribution in [3.05, 3.63) is 47.5 Å². The first-order valence-corrected chi connectivity index (χ1v) is 8.27. The Kier molecular flexibility index (Phi) is 6.15. The van der Waals surface area contributed by atoms with Crippen LogP contribution in [0.4, 0.5) is 0 Å². The van der Waals surface area contributed by atoms with Crippen LogP contribution in [0.15, 0.2) is 36.4 Å². The Bertz CT molecular complexity index is 660. The quantitative estimate of drug-likeness (QED) is 0.715. The van der Waals surface area contributed by atoms with Crippen molar-refractivity contribution in [3.63, 3.8) is 0 Å². The molecule has 2 aromatic rings. The van der Waals surface area contributed by atoms with Crippen LogP contribution in [0.2, 0.25) is 0 Å². The number of benzene rings is 2. The van der Waals surface area contributed by atoms with Gasteiger partial charge in [-0.15, -0.1) is 0 Å². The zero-order valence-corrected chi connectivity index (χ0v) is 15.1. The van der Waals surface area contributed by atoms with Crippen LogP contribution < -0.4 is 9.47 Å². The van der Waals surface area contributed by atoms with Gasteiger partial charge in [-0.3, -0.25) is 0 Å². The molecule has 0 aliphatic rings. The van der Waals surface area contributed by atoms with Crippen LogP contribution >= 0.6 is 0 Å². The molecule has 0 bridgehead atoms. The summed E-state index contributed by atoms with van der Waals surface area (Å²) in [7, 11) is 3.02. The van der Waals surface area contributed by atoms with Crippen molar-refractivity contribution < 1.29 is 24.8 Å². The minimum absolute atomic E-state index is 0.0598. The van der Waals surface area contributed by atoms with Gasteiger partial charge in [0.2, 0.25) is 0 Å². The van der Waals surface area contributed by atoms with Gasteiger partial charge in [0.05, 0.1) is 14.2 Å². The molecule has 136 valence electrons. The predicted octanol–water partition coefficient (Wildman–Crippen LogP) is 3.51. The fourth-order valence-corrected chi connectivity index (χ4v) is 3.07. The molecule has 0 unspecified atom stereocenters. The van der Waals surface area contributed by atoms with E-state index in [1.807, 2.05) is 19.1 Å². The summed E-state index contributed by atoms with van der Waals surface area (Å²) in [4.78, 5) is 0. The maximum Gasteiger partial charge on any atom is 0.160 e. The average Bonchev–Trinajstić information content (AvgIpc) is 2.63. The highest BCUT2D eigenvalue weighted by Gasteiger charge is 2.27. The molecule has 0 spiro atoms. The largest absolute Gasteiger partial charge is 0.504 e. The van der Waals surface area contributed by atoms with E-state index in [2.05, 4.69) is 6.92 Å². The minimum atomic E-state index is -0.0638. The van der Waals surface area contributed by atoms with Crippen molar-refractivity contribution >= 4 is 0 Å². The lowest BCUT2D eigenvalue weighted by Crippen LogP contribution is -2.21. The number of hydrogen-bond acceptors (Lipinski definition) is 5. The molecule has 0 heterocycles. The highest BCUT2D eigenvalue weighted by atomic mass is 16.5. The van der Waals surface area contributed by atoms with Crippen LogP contribution in [0.5, 0.6) is 23.0 Å². The summed E-state index contributed by atoms with van der Waals surface area (Å²) >= 11 is 0. The second kappa shape index (κ2) is 8.12. The molecule has 0 saturated heterocycles. The second-order valence-electron chi connectivity index (χ2n) is 6.36. The fourth-order valence-electron chi connectivity index (χ4n) is 3.07. The Balaban J connectivity index is 2.57. The Labute approximate surface area is 148 Å². The van der Waals surface area contributed by atoms with Crippen molar-refractivity contribution in [2.24, 2.45) is 11.8 Å². The van der Waals surface area contributed by atoms with E-state index in [1.165, 1.54) is 14.2 Å². The second-order valence-corrected chi connectivity index (χ2v) is 6.36. The van der Waals surface area contributed by atoms with Gasteiger partial charge in [0.15, 0.2) is 23.0 Å². The fraction of sp³-hybridized carbons (Fsp3) is 0.400. The van der Waals surface area contributed by atoms with E-state index >= 15 is 0 Å². The lowest BCUT2D eigenvalue weighted by atomic mass is 9.76. The van der Waals surface area contributed by atoms with E-state index in [1.54, 1.807) is 24.3 Å². The van der Waals surface area contributed by atoms with Gasteiger partial charge in [-0.05, 0) is 47.2 Å². The van der Waals surface area contributed by atoms with E-state index in [4.69, 9.17) is 9.47 Å². The molecule has 0 aromatic heterocycles. The van der Waals surface area contributed by atoms with Crippen molar-refractivity contribution in [3.8, 4) is 23.0 Å². The predicted molar refractivity (Wildman–Crippen MR) is 96.6 cm³/mol. The van der Waals surface area contributed by atoms with Gasteiger partial charge >= 0.3 is 0 Å². The number of hydrogen-bond donors (Lipinski definition) is 3. The first-order valence-electron chi connectivity index (χ1n) is 8.27. The summed E-state index contributed by atoms with van der Waals surface area (Å²) in [6.07, 6.45) is 0. The number of methoxy groups -OCH3 is 2. The average molecular weight is 346 g/mol. The molecule has 25 heavy (non-hydrogen) atoms. The number of aliphatic hydroxyl groups is 1. The van der Waals surface area contributed by atoms with E-state index in [0.717, 1.165) is 11.1 Å². The number of phenols is 2. The summed E-state index contributed by atoms with van der Waals surface area (Å²) in [6, 6.07) is 10.5. The van der Waals surface area contributed by atoms with Gasteiger partial charge in [-0.25, -0.2) is 0 Å². The number of aliphatic hydroxyl groups excluding tert-OH is 1. The third kappa shape index (κ3) is 3.99. The van der Waals surface area contributed by atoms with Crippen molar-refractivity contribution in [1.82, 2.24) is 0 Å². The van der Waals surface area contributed by atoms with Gasteiger partial charge in [0.25, 0.3) is 0 Å². The van der Waals surface area contributed by atoms with Gasteiger partial charge in [0.1, 0.15) is 0 Å². The van der Waals surface area contributed by atoms with Crippen molar-refractivity contribution in [1.29, 1.82) is 0 Å². The minimum Gasteiger partial charge on any atom is -0.504 e. The van der Waals surface area contributed by atoms with Crippen molar-refractivity contribution in [2.75, 3.05) is 20.8 Å². The Morgan fingerprint density at radius 3 is 1.64 bits per heavy atom. The summed E-state index contributed by atoms with van der Waals surface area (Å²) < 4.78 is 10.5. The highest BCUT2D eigenvalue weighted by molar-refractivity contribution is 5.49. The van der Waals surface area contributed by atoms with Gasteiger partial charge < -0.3 is 24.8 Å². The topological polar surface area (TPSA) is 79.2 Å². The molecule has 0 fully saturated rings. The molecule has 5 heteroatoms. The number of aromatic hydroxyl groups is 2. The molecule has 2 atom stereocenters. The SMILES string of the molecule is COc1cc(C(c2ccc(O)c(OC)c2)[C@@H](C)[C@@H](C)CO)ccc1O.